The fraction of sp³-hybridized carbons (Fsp3) is 0.792. The highest BCUT2D eigenvalue weighted by molar-refractivity contribution is 5.94. The summed E-state index contributed by atoms with van der Waals surface area (Å²) in [5.74, 6) is -2.25. The number of rotatable bonds is 2. The van der Waals surface area contributed by atoms with Gasteiger partial charge >= 0.3 is 11.9 Å². The molecule has 2 saturated carbocycles. The first-order valence-electron chi connectivity index (χ1n) is 11.3. The number of aliphatic hydroxyl groups is 2. The van der Waals surface area contributed by atoms with E-state index in [0.717, 1.165) is 5.57 Å². The molecule has 0 aromatic heterocycles. The van der Waals surface area contributed by atoms with E-state index in [-0.39, 0.29) is 19.4 Å². The van der Waals surface area contributed by atoms with Crippen molar-refractivity contribution < 1.29 is 38.8 Å². The van der Waals surface area contributed by atoms with Gasteiger partial charge in [-0.25, -0.2) is 0 Å². The molecule has 0 radical (unpaired) electrons. The molecule has 4 rings (SSSR count). The maximum Gasteiger partial charge on any atom is 0.303 e. The highest BCUT2D eigenvalue weighted by atomic mass is 16.6. The summed E-state index contributed by atoms with van der Waals surface area (Å²) >= 11 is 0. The zero-order chi connectivity index (χ0) is 23.9. The molecule has 1 saturated heterocycles. The lowest BCUT2D eigenvalue weighted by molar-refractivity contribution is -0.327. The number of carbonyl (C=O) groups excluding carboxylic acids is 3. The van der Waals surface area contributed by atoms with Crippen LogP contribution >= 0.6 is 0 Å². The SMILES string of the molecule is CC(=O)OC1C(=O)C2(C)C(O)CC3OCC3(OC(C)=O)C2CC2(O)CCC(C)=C1C2(C)C. The number of hydrogen-bond donors (Lipinski definition) is 2. The monoisotopic (exact) mass is 450 g/mol. The molecule has 0 spiro atoms. The summed E-state index contributed by atoms with van der Waals surface area (Å²) < 4.78 is 17.1. The smallest absolute Gasteiger partial charge is 0.303 e. The minimum atomic E-state index is -1.41. The normalized spacial score (nSPS) is 44.9. The molecule has 3 fully saturated rings. The Morgan fingerprint density at radius 2 is 1.81 bits per heavy atom. The second kappa shape index (κ2) is 7.11. The Balaban J connectivity index is 1.97. The van der Waals surface area contributed by atoms with Crippen molar-refractivity contribution in [3.8, 4) is 0 Å². The van der Waals surface area contributed by atoms with E-state index in [1.165, 1.54) is 13.8 Å². The van der Waals surface area contributed by atoms with Crippen LogP contribution < -0.4 is 0 Å². The van der Waals surface area contributed by atoms with Crippen molar-refractivity contribution >= 4 is 17.7 Å². The summed E-state index contributed by atoms with van der Waals surface area (Å²) in [6.07, 6.45) is -1.66. The van der Waals surface area contributed by atoms with Gasteiger partial charge in [-0.1, -0.05) is 19.4 Å². The molecule has 0 amide bonds. The number of aliphatic hydroxyl groups excluding tert-OH is 1. The third kappa shape index (κ3) is 2.88. The molecule has 1 aliphatic heterocycles. The fourth-order valence-corrected chi connectivity index (χ4v) is 6.86. The number of esters is 2. The largest absolute Gasteiger partial charge is 0.454 e. The Morgan fingerprint density at radius 3 is 2.34 bits per heavy atom. The molecule has 2 N–H and O–H groups in total. The predicted octanol–water partition coefficient (Wildman–Crippen LogP) is 1.85. The van der Waals surface area contributed by atoms with Gasteiger partial charge in [0.2, 0.25) is 0 Å². The van der Waals surface area contributed by atoms with Crippen LogP contribution in [0.3, 0.4) is 0 Å². The summed E-state index contributed by atoms with van der Waals surface area (Å²) in [6.45, 7) is 9.92. The van der Waals surface area contributed by atoms with E-state index in [0.29, 0.717) is 18.4 Å². The number of carbonyl (C=O) groups is 3. The summed E-state index contributed by atoms with van der Waals surface area (Å²) in [5, 5.41) is 23.3. The van der Waals surface area contributed by atoms with Crippen LogP contribution in [-0.4, -0.2) is 64.1 Å². The van der Waals surface area contributed by atoms with Gasteiger partial charge in [0, 0.05) is 31.6 Å². The highest BCUT2D eigenvalue weighted by Crippen LogP contribution is 2.63. The van der Waals surface area contributed by atoms with Crippen LogP contribution in [0.4, 0.5) is 0 Å². The molecule has 178 valence electrons. The van der Waals surface area contributed by atoms with Gasteiger partial charge in [0.25, 0.3) is 0 Å². The molecule has 0 aromatic rings. The van der Waals surface area contributed by atoms with E-state index >= 15 is 0 Å². The van der Waals surface area contributed by atoms with Crippen LogP contribution in [-0.2, 0) is 28.6 Å². The van der Waals surface area contributed by atoms with Crippen LogP contribution in [0.25, 0.3) is 0 Å². The van der Waals surface area contributed by atoms with Crippen LogP contribution in [0, 0.1) is 16.7 Å². The summed E-state index contributed by atoms with van der Waals surface area (Å²) in [7, 11) is 0. The number of fused-ring (bicyclic) bond motifs is 5. The van der Waals surface area contributed by atoms with E-state index in [1.807, 2.05) is 20.8 Å². The zero-order valence-electron chi connectivity index (χ0n) is 19.7. The lowest BCUT2D eigenvalue weighted by Gasteiger charge is -2.65. The number of Topliss-reactive ketones (excluding diaryl/α,β-unsaturated/α-hetero) is 1. The minimum absolute atomic E-state index is 0.0912. The molecular formula is C24H34O8. The lowest BCUT2D eigenvalue weighted by Crippen LogP contribution is -2.77. The molecule has 3 aliphatic carbocycles. The van der Waals surface area contributed by atoms with Gasteiger partial charge in [-0.3, -0.25) is 14.4 Å². The maximum absolute atomic E-state index is 14.2. The Bertz CT molecular complexity index is 906. The first kappa shape index (κ1) is 23.4. The molecule has 7 unspecified atom stereocenters. The Labute approximate surface area is 188 Å². The number of allylic oxidation sites excluding steroid dienone is 1. The molecule has 4 aliphatic rings. The third-order valence-corrected chi connectivity index (χ3v) is 8.90. The third-order valence-electron chi connectivity index (χ3n) is 8.90. The van der Waals surface area contributed by atoms with Crippen molar-refractivity contribution in [3.05, 3.63) is 11.1 Å². The van der Waals surface area contributed by atoms with Crippen molar-refractivity contribution in [2.75, 3.05) is 6.61 Å². The Kier molecular flexibility index (Phi) is 5.20. The average molecular weight is 451 g/mol. The van der Waals surface area contributed by atoms with Crippen molar-refractivity contribution in [1.82, 2.24) is 0 Å². The molecule has 0 aromatic carbocycles. The highest BCUT2D eigenvalue weighted by Gasteiger charge is 2.73. The van der Waals surface area contributed by atoms with Gasteiger partial charge < -0.3 is 24.4 Å². The van der Waals surface area contributed by atoms with Crippen LogP contribution in [0.5, 0.6) is 0 Å². The lowest BCUT2D eigenvalue weighted by atomic mass is 9.46. The predicted molar refractivity (Wildman–Crippen MR) is 112 cm³/mol. The van der Waals surface area contributed by atoms with Crippen LogP contribution in [0.1, 0.15) is 67.2 Å². The van der Waals surface area contributed by atoms with Gasteiger partial charge in [-0.15, -0.1) is 0 Å². The first-order valence-corrected chi connectivity index (χ1v) is 11.3. The maximum atomic E-state index is 14.2. The molecule has 32 heavy (non-hydrogen) atoms. The van der Waals surface area contributed by atoms with Gasteiger partial charge in [0.05, 0.1) is 23.7 Å². The van der Waals surface area contributed by atoms with Crippen molar-refractivity contribution in [2.24, 2.45) is 16.7 Å². The van der Waals surface area contributed by atoms with Gasteiger partial charge in [-0.2, -0.15) is 0 Å². The molecule has 7 atom stereocenters. The van der Waals surface area contributed by atoms with Crippen molar-refractivity contribution in [2.45, 2.75) is 96.7 Å². The second-order valence-corrected chi connectivity index (χ2v) is 10.8. The standard InChI is InChI=1S/C24H34O8/c1-12-7-8-23(29)10-15-22(6,16(27)9-17-24(15,11-30-17)32-14(3)26)20(28)19(31-13(2)25)18(12)21(23,4)5/h15-17,19,27,29H,7-11H2,1-6H3. The van der Waals surface area contributed by atoms with Crippen molar-refractivity contribution in [1.29, 1.82) is 0 Å². The number of ketones is 1. The van der Waals surface area contributed by atoms with Crippen LogP contribution in [0.15, 0.2) is 11.1 Å². The van der Waals surface area contributed by atoms with E-state index in [9.17, 15) is 24.6 Å². The minimum Gasteiger partial charge on any atom is -0.454 e. The molecule has 8 heteroatoms. The van der Waals surface area contributed by atoms with Gasteiger partial charge in [0.1, 0.15) is 6.10 Å². The summed E-state index contributed by atoms with van der Waals surface area (Å²) in [6, 6.07) is 0. The number of ether oxygens (including phenoxy) is 3. The van der Waals surface area contributed by atoms with E-state index < -0.39 is 64.0 Å². The average Bonchev–Trinajstić information content (AvgIpc) is 2.67. The fourth-order valence-electron chi connectivity index (χ4n) is 6.86. The van der Waals surface area contributed by atoms with Gasteiger partial charge in [0.15, 0.2) is 17.5 Å². The topological polar surface area (TPSA) is 119 Å². The molecule has 8 nitrogen and oxygen atoms in total. The summed E-state index contributed by atoms with van der Waals surface area (Å²) in [5.41, 5.74) is -3.18. The van der Waals surface area contributed by atoms with Crippen molar-refractivity contribution in [3.63, 3.8) is 0 Å². The number of hydrogen-bond acceptors (Lipinski definition) is 8. The second-order valence-electron chi connectivity index (χ2n) is 10.8. The van der Waals surface area contributed by atoms with E-state index in [1.54, 1.807) is 6.92 Å². The zero-order valence-corrected chi connectivity index (χ0v) is 19.7. The van der Waals surface area contributed by atoms with Gasteiger partial charge in [-0.05, 0) is 38.7 Å². The Morgan fingerprint density at radius 1 is 1.16 bits per heavy atom. The van der Waals surface area contributed by atoms with E-state index in [2.05, 4.69) is 0 Å². The van der Waals surface area contributed by atoms with E-state index in [4.69, 9.17) is 14.2 Å². The summed E-state index contributed by atoms with van der Waals surface area (Å²) in [4.78, 5) is 38.4. The molecule has 2 bridgehead atoms. The first-order chi connectivity index (χ1) is 14.7. The molecular weight excluding hydrogens is 416 g/mol. The molecule has 1 heterocycles. The quantitative estimate of drug-likeness (QED) is 0.483. The van der Waals surface area contributed by atoms with Crippen LogP contribution in [0.2, 0.25) is 0 Å². The Hall–Kier alpha value is -1.77.